The Morgan fingerprint density at radius 1 is 1.03 bits per heavy atom. The van der Waals surface area contributed by atoms with Gasteiger partial charge < -0.3 is 15.0 Å². The van der Waals surface area contributed by atoms with Crippen molar-refractivity contribution in [3.8, 4) is 0 Å². The van der Waals surface area contributed by atoms with Gasteiger partial charge in [-0.25, -0.2) is 13.2 Å². The van der Waals surface area contributed by atoms with Gasteiger partial charge in [-0.3, -0.25) is 9.59 Å². The van der Waals surface area contributed by atoms with Gasteiger partial charge >= 0.3 is 5.97 Å². The first kappa shape index (κ1) is 24.9. The lowest BCUT2D eigenvalue weighted by molar-refractivity contribution is -0.135. The summed E-state index contributed by atoms with van der Waals surface area (Å²) in [6.07, 6.45) is 0. The molecule has 33 heavy (non-hydrogen) atoms. The van der Waals surface area contributed by atoms with Crippen LogP contribution >= 0.6 is 11.3 Å². The van der Waals surface area contributed by atoms with Crippen LogP contribution < -0.4 is 5.32 Å². The molecule has 0 aliphatic carbocycles. The Morgan fingerprint density at radius 2 is 1.64 bits per heavy atom. The number of sulfonamides is 1. The Bertz CT molecular complexity index is 1160. The lowest BCUT2D eigenvalue weighted by Gasteiger charge is -2.33. The summed E-state index contributed by atoms with van der Waals surface area (Å²) >= 11 is 1.27. The molecule has 2 amide bonds. The minimum atomic E-state index is -3.63. The monoisotopic (exact) mass is 493 g/mol. The highest BCUT2D eigenvalue weighted by molar-refractivity contribution is 7.89. The van der Waals surface area contributed by atoms with E-state index in [4.69, 9.17) is 4.74 Å². The van der Waals surface area contributed by atoms with Crippen LogP contribution in [0.2, 0.25) is 0 Å². The van der Waals surface area contributed by atoms with Crippen molar-refractivity contribution in [2.75, 3.05) is 38.1 Å². The summed E-state index contributed by atoms with van der Waals surface area (Å²) < 4.78 is 32.2. The number of carbonyl (C=O) groups is 3. The highest BCUT2D eigenvalue weighted by Crippen LogP contribution is 2.33. The van der Waals surface area contributed by atoms with Crippen molar-refractivity contribution in [2.24, 2.45) is 0 Å². The molecule has 0 atom stereocenters. The van der Waals surface area contributed by atoms with Crippen molar-refractivity contribution < 1.29 is 27.5 Å². The van der Waals surface area contributed by atoms with E-state index in [1.54, 1.807) is 31.2 Å². The van der Waals surface area contributed by atoms with Gasteiger partial charge in [0, 0.05) is 38.0 Å². The Balaban J connectivity index is 1.57. The van der Waals surface area contributed by atoms with Crippen molar-refractivity contribution in [1.82, 2.24) is 9.21 Å². The number of carbonyl (C=O) groups excluding carboxylic acids is 3. The van der Waals surface area contributed by atoms with E-state index in [1.165, 1.54) is 27.5 Å². The van der Waals surface area contributed by atoms with Gasteiger partial charge in [0.1, 0.15) is 5.00 Å². The lowest BCUT2D eigenvalue weighted by atomic mass is 10.1. The molecule has 1 aromatic carbocycles. The molecule has 11 heteroatoms. The maximum atomic E-state index is 12.8. The van der Waals surface area contributed by atoms with Crippen molar-refractivity contribution in [3.63, 3.8) is 0 Å². The first-order valence-electron chi connectivity index (χ1n) is 10.4. The lowest BCUT2D eigenvalue weighted by Crippen LogP contribution is -2.51. The highest BCUT2D eigenvalue weighted by atomic mass is 32.2. The fourth-order valence-electron chi connectivity index (χ4n) is 3.45. The van der Waals surface area contributed by atoms with Gasteiger partial charge in [0.05, 0.1) is 10.5 Å². The fraction of sp³-hybridized carbons (Fsp3) is 0.409. The molecule has 2 aromatic rings. The number of nitrogens with one attached hydrogen (secondary N) is 1. The average molecular weight is 494 g/mol. The summed E-state index contributed by atoms with van der Waals surface area (Å²) in [4.78, 5) is 39.2. The smallest absolute Gasteiger partial charge is 0.341 e. The molecule has 0 unspecified atom stereocenters. The third kappa shape index (κ3) is 5.60. The normalized spacial score (nSPS) is 14.7. The number of piperazine rings is 1. The Morgan fingerprint density at radius 3 is 2.21 bits per heavy atom. The highest BCUT2D eigenvalue weighted by Gasteiger charge is 2.31. The fourth-order valence-corrected chi connectivity index (χ4v) is 5.97. The molecule has 1 saturated heterocycles. The Kier molecular flexibility index (Phi) is 7.55. The van der Waals surface area contributed by atoms with Crippen LogP contribution in [0, 0.1) is 20.8 Å². The molecular weight excluding hydrogens is 466 g/mol. The average Bonchev–Trinajstić information content (AvgIpc) is 3.04. The maximum Gasteiger partial charge on any atom is 0.341 e. The topological polar surface area (TPSA) is 113 Å². The summed E-state index contributed by atoms with van der Waals surface area (Å²) in [5.41, 5.74) is 1.90. The van der Waals surface area contributed by atoms with E-state index in [9.17, 15) is 22.8 Å². The van der Waals surface area contributed by atoms with Crippen molar-refractivity contribution in [2.45, 2.75) is 32.6 Å². The van der Waals surface area contributed by atoms with Gasteiger partial charge in [-0.15, -0.1) is 11.3 Å². The zero-order valence-corrected chi connectivity index (χ0v) is 20.6. The van der Waals surface area contributed by atoms with E-state index < -0.39 is 28.5 Å². The number of amides is 2. The van der Waals surface area contributed by atoms with Crippen LogP contribution in [-0.4, -0.2) is 68.2 Å². The molecule has 1 N–H and O–H groups in total. The number of thiophene rings is 1. The minimum Gasteiger partial charge on any atom is -0.452 e. The van der Waals surface area contributed by atoms with Crippen LogP contribution in [-0.2, 0) is 24.3 Å². The van der Waals surface area contributed by atoms with Gasteiger partial charge in [0.15, 0.2) is 6.61 Å². The first-order chi connectivity index (χ1) is 15.5. The van der Waals surface area contributed by atoms with Gasteiger partial charge in [-0.2, -0.15) is 4.31 Å². The van der Waals surface area contributed by atoms with Crippen LogP contribution in [0.15, 0.2) is 29.2 Å². The molecule has 1 fully saturated rings. The molecule has 1 aliphatic rings. The Labute approximate surface area is 197 Å². The largest absolute Gasteiger partial charge is 0.452 e. The number of ether oxygens (including phenoxy) is 1. The molecule has 1 aliphatic heterocycles. The van der Waals surface area contributed by atoms with Crippen LogP contribution in [0.25, 0.3) is 0 Å². The predicted molar refractivity (Wildman–Crippen MR) is 125 cm³/mol. The molecule has 178 valence electrons. The molecule has 9 nitrogen and oxygen atoms in total. The van der Waals surface area contributed by atoms with E-state index in [2.05, 4.69) is 5.32 Å². The van der Waals surface area contributed by atoms with E-state index >= 15 is 0 Å². The summed E-state index contributed by atoms with van der Waals surface area (Å²) in [7, 11) is -3.63. The third-order valence-electron chi connectivity index (χ3n) is 5.46. The summed E-state index contributed by atoms with van der Waals surface area (Å²) in [5.74, 6) is -1.39. The van der Waals surface area contributed by atoms with E-state index in [1.807, 2.05) is 13.8 Å². The molecule has 3 rings (SSSR count). The van der Waals surface area contributed by atoms with Gasteiger partial charge in [0.25, 0.3) is 5.91 Å². The van der Waals surface area contributed by atoms with E-state index in [0.29, 0.717) is 10.6 Å². The molecule has 0 bridgehead atoms. The second-order valence-corrected chi connectivity index (χ2v) is 11.0. The summed E-state index contributed by atoms with van der Waals surface area (Å²) in [6, 6.07) is 6.64. The molecular formula is C22H27N3O6S2. The first-order valence-corrected chi connectivity index (χ1v) is 12.7. The second-order valence-electron chi connectivity index (χ2n) is 7.84. The van der Waals surface area contributed by atoms with Gasteiger partial charge in [0.2, 0.25) is 15.9 Å². The molecule has 0 radical (unpaired) electrons. The zero-order valence-electron chi connectivity index (χ0n) is 19.0. The number of benzene rings is 1. The third-order valence-corrected chi connectivity index (χ3v) is 8.49. The van der Waals surface area contributed by atoms with Crippen LogP contribution in [0.3, 0.4) is 0 Å². The van der Waals surface area contributed by atoms with E-state index in [-0.39, 0.29) is 42.5 Å². The second kappa shape index (κ2) is 10.0. The summed E-state index contributed by atoms with van der Waals surface area (Å²) in [5, 5.41) is 3.02. The quantitative estimate of drug-likeness (QED) is 0.618. The van der Waals surface area contributed by atoms with E-state index in [0.717, 1.165) is 10.4 Å². The van der Waals surface area contributed by atoms with Crippen molar-refractivity contribution >= 4 is 44.1 Å². The molecule has 1 aromatic heterocycles. The van der Waals surface area contributed by atoms with Crippen LogP contribution in [0.4, 0.5) is 5.00 Å². The number of aryl methyl sites for hydroxylation is 2. The predicted octanol–water partition coefficient (Wildman–Crippen LogP) is 2.32. The van der Waals surface area contributed by atoms with Crippen LogP contribution in [0.5, 0.6) is 0 Å². The number of nitrogens with zero attached hydrogens (tertiary/aromatic N) is 2. The van der Waals surface area contributed by atoms with Gasteiger partial charge in [-0.05, 0) is 38.5 Å². The van der Waals surface area contributed by atoms with Crippen molar-refractivity contribution in [1.29, 1.82) is 0 Å². The number of hydrogen-bond donors (Lipinski definition) is 1. The Hall–Kier alpha value is -2.76. The molecule has 2 heterocycles. The summed E-state index contributed by atoms with van der Waals surface area (Å²) in [6.45, 7) is 7.08. The number of esters is 1. The molecule has 0 spiro atoms. The number of hydrogen-bond acceptors (Lipinski definition) is 7. The number of rotatable bonds is 6. The van der Waals surface area contributed by atoms with Gasteiger partial charge in [-0.1, -0.05) is 17.7 Å². The zero-order chi connectivity index (χ0) is 24.3. The minimum absolute atomic E-state index is 0.158. The van der Waals surface area contributed by atoms with Crippen molar-refractivity contribution in [3.05, 3.63) is 45.8 Å². The molecule has 0 saturated carbocycles. The SMILES string of the molecule is CC(=O)Nc1sc(C)c(C)c1C(=O)OCC(=O)N1CCN(S(=O)(=O)c2ccc(C)cc2)CC1. The maximum absolute atomic E-state index is 12.8. The standard InChI is InChI=1S/C22H27N3O6S2/c1-14-5-7-18(8-6-14)33(29,30)25-11-9-24(10-12-25)19(27)13-31-22(28)20-15(2)16(3)32-21(20)23-17(4)26/h5-8H,9-13H2,1-4H3,(H,23,26). The number of anilines is 1. The van der Waals surface area contributed by atoms with Crippen LogP contribution in [0.1, 0.15) is 33.3 Å².